The van der Waals surface area contributed by atoms with Crippen molar-refractivity contribution in [3.05, 3.63) is 0 Å². The van der Waals surface area contributed by atoms with E-state index >= 15 is 0 Å². The number of carbonyl (C=O) groups is 2. The van der Waals surface area contributed by atoms with E-state index < -0.39 is 0 Å². The molecule has 0 aromatic carbocycles. The molecule has 0 atom stereocenters. The Kier molecular flexibility index (Phi) is 6.12. The number of hydrogen-bond donors (Lipinski definition) is 1. The molecule has 2 N–H and O–H groups in total. The highest BCUT2D eigenvalue weighted by Gasteiger charge is 2.20. The fourth-order valence-corrected chi connectivity index (χ4v) is 2.36. The molecule has 1 aliphatic heterocycles. The number of piperidine rings is 1. The van der Waals surface area contributed by atoms with Gasteiger partial charge in [-0.1, -0.05) is 13.8 Å². The van der Waals surface area contributed by atoms with Crippen molar-refractivity contribution in [3.8, 4) is 0 Å². The summed E-state index contributed by atoms with van der Waals surface area (Å²) in [6, 6.07) is 0. The number of nitrogens with zero attached hydrogens (tertiary/aromatic N) is 2. The molecule has 2 amide bonds. The number of primary amides is 1. The van der Waals surface area contributed by atoms with Gasteiger partial charge in [-0.2, -0.15) is 0 Å². The molecular formula is C13H25N3O2. The minimum Gasteiger partial charge on any atom is -0.369 e. The van der Waals surface area contributed by atoms with Crippen LogP contribution in [0.2, 0.25) is 0 Å². The predicted octanol–water partition coefficient (Wildman–Crippen LogP) is 0.442. The van der Waals surface area contributed by atoms with Crippen molar-refractivity contribution < 1.29 is 9.59 Å². The van der Waals surface area contributed by atoms with E-state index in [1.807, 2.05) is 9.80 Å². The third-order valence-electron chi connectivity index (χ3n) is 3.07. The summed E-state index contributed by atoms with van der Waals surface area (Å²) in [5.74, 6) is 0.164. The van der Waals surface area contributed by atoms with Crippen LogP contribution in [0.15, 0.2) is 0 Å². The Morgan fingerprint density at radius 2 is 1.78 bits per heavy atom. The van der Waals surface area contributed by atoms with E-state index in [1.165, 1.54) is 6.42 Å². The predicted molar refractivity (Wildman–Crippen MR) is 70.9 cm³/mol. The van der Waals surface area contributed by atoms with Gasteiger partial charge in [0.1, 0.15) is 0 Å². The van der Waals surface area contributed by atoms with Crippen molar-refractivity contribution >= 4 is 11.8 Å². The van der Waals surface area contributed by atoms with Crippen LogP contribution in [-0.4, -0.2) is 54.3 Å². The van der Waals surface area contributed by atoms with Crippen LogP contribution in [0.5, 0.6) is 0 Å². The first-order valence-electron chi connectivity index (χ1n) is 6.77. The van der Waals surface area contributed by atoms with Crippen molar-refractivity contribution in [3.63, 3.8) is 0 Å². The minimum atomic E-state index is -0.373. The summed E-state index contributed by atoms with van der Waals surface area (Å²) in [6.45, 7) is 7.04. The first-order chi connectivity index (χ1) is 8.49. The van der Waals surface area contributed by atoms with Gasteiger partial charge in [0.05, 0.1) is 13.1 Å². The number of nitrogens with two attached hydrogens (primary N) is 1. The summed E-state index contributed by atoms with van der Waals surface area (Å²) in [7, 11) is 0. The molecule has 0 bridgehead atoms. The Morgan fingerprint density at radius 1 is 1.17 bits per heavy atom. The molecule has 104 valence electrons. The van der Waals surface area contributed by atoms with E-state index in [0.29, 0.717) is 12.5 Å². The maximum atomic E-state index is 12.1. The Morgan fingerprint density at radius 3 is 2.28 bits per heavy atom. The average Bonchev–Trinajstić information content (AvgIpc) is 2.28. The molecule has 0 saturated carbocycles. The van der Waals surface area contributed by atoms with Gasteiger partial charge >= 0.3 is 0 Å². The SMILES string of the molecule is CC(C)CN(CC(N)=O)CC(=O)N1CCCCC1. The van der Waals surface area contributed by atoms with Crippen molar-refractivity contribution in [1.29, 1.82) is 0 Å². The topological polar surface area (TPSA) is 66.6 Å². The Labute approximate surface area is 109 Å². The van der Waals surface area contributed by atoms with E-state index in [1.54, 1.807) is 0 Å². The molecular weight excluding hydrogens is 230 g/mol. The lowest BCUT2D eigenvalue weighted by atomic mass is 10.1. The van der Waals surface area contributed by atoms with E-state index in [9.17, 15) is 9.59 Å². The second kappa shape index (κ2) is 7.36. The maximum Gasteiger partial charge on any atom is 0.236 e. The van der Waals surface area contributed by atoms with Crippen LogP contribution in [0.25, 0.3) is 0 Å². The van der Waals surface area contributed by atoms with Gasteiger partial charge in [0.15, 0.2) is 0 Å². The van der Waals surface area contributed by atoms with Crippen LogP contribution < -0.4 is 5.73 Å². The lowest BCUT2D eigenvalue weighted by Gasteiger charge is -2.30. The molecule has 5 heteroatoms. The molecule has 0 aliphatic carbocycles. The Bertz CT molecular complexity index is 286. The summed E-state index contributed by atoms with van der Waals surface area (Å²) in [5.41, 5.74) is 5.22. The van der Waals surface area contributed by atoms with E-state index in [4.69, 9.17) is 5.73 Å². The third-order valence-corrected chi connectivity index (χ3v) is 3.07. The molecule has 5 nitrogen and oxygen atoms in total. The molecule has 0 spiro atoms. The number of carbonyl (C=O) groups excluding carboxylic acids is 2. The average molecular weight is 255 g/mol. The molecule has 1 fully saturated rings. The zero-order valence-electron chi connectivity index (χ0n) is 11.5. The van der Waals surface area contributed by atoms with Gasteiger partial charge in [0.25, 0.3) is 0 Å². The summed E-state index contributed by atoms with van der Waals surface area (Å²) in [4.78, 5) is 26.9. The molecule has 1 saturated heterocycles. The van der Waals surface area contributed by atoms with Crippen LogP contribution in [0, 0.1) is 5.92 Å². The molecule has 0 aromatic rings. The quantitative estimate of drug-likeness (QED) is 0.749. The standard InChI is InChI=1S/C13H25N3O2/c1-11(2)8-15(9-12(14)17)10-13(18)16-6-4-3-5-7-16/h11H,3-10H2,1-2H3,(H2,14,17). The van der Waals surface area contributed by atoms with Crippen LogP contribution in [0.1, 0.15) is 33.1 Å². The van der Waals surface area contributed by atoms with E-state index in [-0.39, 0.29) is 18.4 Å². The van der Waals surface area contributed by atoms with Gasteiger partial charge < -0.3 is 10.6 Å². The molecule has 18 heavy (non-hydrogen) atoms. The summed E-state index contributed by atoms with van der Waals surface area (Å²) in [5, 5.41) is 0. The number of hydrogen-bond acceptors (Lipinski definition) is 3. The van der Waals surface area contributed by atoms with E-state index in [0.717, 1.165) is 32.5 Å². The van der Waals surface area contributed by atoms with Crippen LogP contribution >= 0.6 is 0 Å². The Balaban J connectivity index is 2.47. The monoisotopic (exact) mass is 255 g/mol. The second-order valence-corrected chi connectivity index (χ2v) is 5.47. The minimum absolute atomic E-state index is 0.122. The van der Waals surface area contributed by atoms with Crippen LogP contribution in [-0.2, 0) is 9.59 Å². The molecule has 0 unspecified atom stereocenters. The van der Waals surface area contributed by atoms with Gasteiger partial charge in [-0.15, -0.1) is 0 Å². The second-order valence-electron chi connectivity index (χ2n) is 5.47. The number of likely N-dealkylation sites (tertiary alicyclic amines) is 1. The largest absolute Gasteiger partial charge is 0.369 e. The summed E-state index contributed by atoms with van der Waals surface area (Å²) >= 11 is 0. The number of amides is 2. The van der Waals surface area contributed by atoms with Crippen molar-refractivity contribution in [2.75, 3.05) is 32.7 Å². The number of rotatable bonds is 6. The zero-order valence-corrected chi connectivity index (χ0v) is 11.5. The highest BCUT2D eigenvalue weighted by molar-refractivity contribution is 5.80. The van der Waals surface area contributed by atoms with Crippen LogP contribution in [0.3, 0.4) is 0 Å². The molecule has 1 rings (SSSR count). The van der Waals surface area contributed by atoms with Crippen molar-refractivity contribution in [2.45, 2.75) is 33.1 Å². The summed E-state index contributed by atoms with van der Waals surface area (Å²) < 4.78 is 0. The van der Waals surface area contributed by atoms with Crippen molar-refractivity contribution in [2.24, 2.45) is 11.7 Å². The smallest absolute Gasteiger partial charge is 0.236 e. The molecule has 0 aromatic heterocycles. The Hall–Kier alpha value is -1.10. The van der Waals surface area contributed by atoms with Gasteiger partial charge in [0.2, 0.25) is 11.8 Å². The highest BCUT2D eigenvalue weighted by atomic mass is 16.2. The van der Waals surface area contributed by atoms with Gasteiger partial charge in [-0.3, -0.25) is 14.5 Å². The van der Waals surface area contributed by atoms with Gasteiger partial charge in [0, 0.05) is 19.6 Å². The lowest BCUT2D eigenvalue weighted by molar-refractivity contribution is -0.133. The normalized spacial score (nSPS) is 16.3. The third kappa shape index (κ3) is 5.49. The van der Waals surface area contributed by atoms with Gasteiger partial charge in [-0.05, 0) is 25.2 Å². The van der Waals surface area contributed by atoms with Crippen molar-refractivity contribution in [1.82, 2.24) is 9.80 Å². The van der Waals surface area contributed by atoms with E-state index in [2.05, 4.69) is 13.8 Å². The maximum absolute atomic E-state index is 12.1. The fraction of sp³-hybridized carbons (Fsp3) is 0.846. The zero-order chi connectivity index (χ0) is 13.5. The molecule has 1 aliphatic rings. The summed E-state index contributed by atoms with van der Waals surface area (Å²) in [6.07, 6.45) is 3.39. The molecule has 1 heterocycles. The first-order valence-corrected chi connectivity index (χ1v) is 6.77. The van der Waals surface area contributed by atoms with Crippen LogP contribution in [0.4, 0.5) is 0 Å². The first kappa shape index (κ1) is 15.0. The molecule has 0 radical (unpaired) electrons. The highest BCUT2D eigenvalue weighted by Crippen LogP contribution is 2.09. The lowest BCUT2D eigenvalue weighted by Crippen LogP contribution is -2.46. The van der Waals surface area contributed by atoms with Gasteiger partial charge in [-0.25, -0.2) is 0 Å². The fourth-order valence-electron chi connectivity index (χ4n) is 2.36.